The molecule has 4 aliphatic carbocycles. The van der Waals surface area contributed by atoms with Gasteiger partial charge in [-0.15, -0.1) is 0 Å². The predicted octanol–water partition coefficient (Wildman–Crippen LogP) is 10.2. The maximum atomic E-state index is 13.7. The lowest BCUT2D eigenvalue weighted by Crippen LogP contribution is -2.59. The number of anilines is 2. The van der Waals surface area contributed by atoms with Crippen molar-refractivity contribution in [2.75, 3.05) is 142 Å². The number of amides is 2. The monoisotopic (exact) mass is 1650 g/mol. The number of hydrogen-bond acceptors (Lipinski definition) is 20. The number of aryl methyl sites for hydroxylation is 2. The number of carbonyl (C=O) groups excluding carboxylic acids is 2. The highest BCUT2D eigenvalue weighted by atomic mass is 35.5. The van der Waals surface area contributed by atoms with Gasteiger partial charge in [0.2, 0.25) is 20.0 Å². The second kappa shape index (κ2) is 36.0. The summed E-state index contributed by atoms with van der Waals surface area (Å²) >= 11 is 13.0. The molecule has 2 saturated carbocycles. The van der Waals surface area contributed by atoms with Crippen molar-refractivity contribution in [3.63, 3.8) is 0 Å². The van der Waals surface area contributed by atoms with Crippen molar-refractivity contribution in [3.05, 3.63) is 141 Å². The summed E-state index contributed by atoms with van der Waals surface area (Å²) in [7, 11) is -4.46. The maximum absolute atomic E-state index is 13.7. The Bertz CT molecular complexity index is 4150. The van der Waals surface area contributed by atoms with Crippen molar-refractivity contribution in [1.82, 2.24) is 29.0 Å². The fourth-order valence-corrected chi connectivity index (χ4v) is 23.4. The number of fused-ring (bicyclic) bond motifs is 8. The Balaban J connectivity index is 0.000000199. The number of aliphatic carboxylic acids is 2. The Morgan fingerprint density at radius 3 is 1.31 bits per heavy atom. The van der Waals surface area contributed by atoms with Gasteiger partial charge >= 0.3 is 11.9 Å². The third-order valence-corrected chi connectivity index (χ3v) is 32.1. The zero-order valence-corrected chi connectivity index (χ0v) is 70.1. The zero-order chi connectivity index (χ0) is 81.1. The molecule has 24 nitrogen and oxygen atoms in total. The van der Waals surface area contributed by atoms with E-state index in [9.17, 15) is 56.4 Å². The molecular formula is C86H118Cl2N8O16S2. The number of carboxylic acids is 2. The van der Waals surface area contributed by atoms with Crippen molar-refractivity contribution in [3.8, 4) is 11.5 Å². The number of aliphatic hydroxyl groups excluding tert-OH is 2. The quantitative estimate of drug-likeness (QED) is 0.0568. The van der Waals surface area contributed by atoms with Gasteiger partial charge in [0.05, 0.1) is 47.9 Å². The predicted molar refractivity (Wildman–Crippen MR) is 441 cm³/mol. The number of methoxy groups -OCH3 is 2. The van der Waals surface area contributed by atoms with Crippen molar-refractivity contribution in [2.24, 2.45) is 35.5 Å². The molecule has 10 aliphatic rings. The fraction of sp³-hybridized carbons (Fsp3) is 0.628. The summed E-state index contributed by atoms with van der Waals surface area (Å²) < 4.78 is 86.1. The molecule has 6 N–H and O–H groups in total. The number of allylic oxidation sites excluding steroid dienone is 2. The van der Waals surface area contributed by atoms with Gasteiger partial charge in [-0.3, -0.25) is 38.8 Å². The Kier molecular flexibility index (Phi) is 27.0. The smallest absolute Gasteiger partial charge is 0.304 e. The molecule has 4 aromatic rings. The molecule has 114 heavy (non-hydrogen) atoms. The second-order valence-corrected chi connectivity index (χ2v) is 39.5. The van der Waals surface area contributed by atoms with Gasteiger partial charge in [0, 0.05) is 163 Å². The van der Waals surface area contributed by atoms with Gasteiger partial charge < -0.3 is 49.2 Å². The van der Waals surface area contributed by atoms with E-state index in [0.29, 0.717) is 116 Å². The molecule has 2 spiro atoms. The van der Waals surface area contributed by atoms with Crippen LogP contribution in [-0.4, -0.2) is 247 Å². The van der Waals surface area contributed by atoms with Crippen LogP contribution in [0.3, 0.4) is 0 Å². The molecule has 2 amide bonds. The number of nitrogens with one attached hydrogen (secondary N) is 2. The van der Waals surface area contributed by atoms with Crippen LogP contribution in [0, 0.1) is 35.5 Å². The number of aliphatic hydroxyl groups is 2. The molecule has 0 radical (unpaired) electrons. The molecule has 6 heterocycles. The van der Waals surface area contributed by atoms with Crippen LogP contribution in [0.25, 0.3) is 0 Å². The molecule has 624 valence electrons. The summed E-state index contributed by atoms with van der Waals surface area (Å²) in [4.78, 5) is 64.5. The van der Waals surface area contributed by atoms with Crippen LogP contribution >= 0.6 is 23.2 Å². The number of benzene rings is 4. The topological polar surface area (TPSA) is 298 Å². The number of sulfonamides is 2. The summed E-state index contributed by atoms with van der Waals surface area (Å²) in [6.45, 7) is 17.6. The number of nitrogens with zero attached hydrogens (tertiary/aromatic N) is 6. The molecule has 4 aromatic carbocycles. The molecule has 4 bridgehead atoms. The Hall–Kier alpha value is -6.40. The third-order valence-electron chi connectivity index (χ3n) is 27.8. The minimum atomic E-state index is -4.01. The lowest BCUT2D eigenvalue weighted by atomic mass is 9.63. The third kappa shape index (κ3) is 18.5. The molecule has 0 aromatic heterocycles. The zero-order valence-electron chi connectivity index (χ0n) is 67.0. The van der Waals surface area contributed by atoms with Crippen LogP contribution in [0.4, 0.5) is 11.4 Å². The van der Waals surface area contributed by atoms with Crippen LogP contribution in [0.2, 0.25) is 10.0 Å². The SMILES string of the molecule is CO[C@@]1(CN2CCN([C@@H](CCO)CC(=O)O)CC2)/C=C/C[C@H](C)[C@@H](C)S(=O)(=O)NC(=O)c2ccc3c(c2)N(C[C@@H]2CC[C@H]21)C[C@@]1(CCCc2cc(Cl)ccc21)CO3.CO[C@@]1(CN2CCN([C@H](CCO)CC(=O)O)CC2)/C=C/C[C@H](C)[C@@H](C)S(=O)(=O)NC(=O)c2ccc3c(c2)N(C[C@@H]2CC[C@H]21)C[C@@]1(CCCc2cc(Cl)ccc21)CO3. The molecular weight excluding hydrogens is 1540 g/mol. The van der Waals surface area contributed by atoms with E-state index in [0.717, 1.165) is 112 Å². The maximum Gasteiger partial charge on any atom is 0.304 e. The minimum Gasteiger partial charge on any atom is -0.490 e. The normalized spacial score (nSPS) is 31.8. The van der Waals surface area contributed by atoms with Crippen LogP contribution in [0.5, 0.6) is 11.5 Å². The lowest BCUT2D eigenvalue weighted by Gasteiger charge is -2.52. The molecule has 14 rings (SSSR count). The van der Waals surface area contributed by atoms with Crippen LogP contribution in [0.1, 0.15) is 161 Å². The molecule has 28 heteroatoms. The lowest BCUT2D eigenvalue weighted by molar-refractivity contribution is -0.140. The molecule has 0 unspecified atom stereocenters. The van der Waals surface area contributed by atoms with E-state index in [1.165, 1.54) is 22.3 Å². The minimum absolute atomic E-state index is 0.00214. The molecule has 6 aliphatic heterocycles. The number of ether oxygens (including phenoxy) is 4. The number of carboxylic acid groups (broad SMARTS) is 2. The summed E-state index contributed by atoms with van der Waals surface area (Å²) in [5.74, 6) is -1.45. The average Bonchev–Trinajstić information content (AvgIpc) is 1.47. The van der Waals surface area contributed by atoms with E-state index in [2.05, 4.69) is 87.4 Å². The summed E-state index contributed by atoms with van der Waals surface area (Å²) in [6, 6.07) is 22.5. The standard InChI is InChI=1S/2C43H59ClN4O8S/c2*1-29-6-4-16-43(55-3,27-46-17-19-47(20-18-46)35(14-21-49)24-40(50)51)37-11-8-33(37)25-48-26-42(15-5-7-31-22-34(44)10-12-36(31)42)28-56-39-13-9-32(23-38(39)48)41(52)45-57(53,54)30(29)2/h2*4,9-10,12-13,16,22-23,29-30,33,35,37,49H,5-8,11,14-15,17-21,24-28H2,1-3H3,(H,45,52)(H,50,51)/b2*16-4+/t29-,30+,33-,35+,37+,42-,43+;29-,30+,33-,35-,37+,42-,43+/m00/s1. The molecule has 4 fully saturated rings. The van der Waals surface area contributed by atoms with E-state index < -0.39 is 65.5 Å². The van der Waals surface area contributed by atoms with Gasteiger partial charge in [-0.1, -0.05) is 73.5 Å². The van der Waals surface area contributed by atoms with E-state index in [1.54, 1.807) is 52.3 Å². The highest BCUT2D eigenvalue weighted by Gasteiger charge is 2.53. The van der Waals surface area contributed by atoms with Gasteiger partial charge in [0.1, 0.15) is 22.7 Å². The van der Waals surface area contributed by atoms with Crippen LogP contribution in [-0.2, 0) is 62.8 Å². The Morgan fingerprint density at radius 2 is 0.956 bits per heavy atom. The number of hydrogen-bond donors (Lipinski definition) is 6. The first kappa shape index (κ1) is 85.5. The first-order valence-electron chi connectivity index (χ1n) is 41.3. The average molecular weight is 1650 g/mol. The van der Waals surface area contributed by atoms with Crippen LogP contribution in [0.15, 0.2) is 97.1 Å². The Morgan fingerprint density at radius 1 is 0.561 bits per heavy atom. The number of piperazine rings is 2. The second-order valence-electron chi connectivity index (χ2n) is 34.5. The summed E-state index contributed by atoms with van der Waals surface area (Å²) in [5, 5.41) is 38.1. The van der Waals surface area contributed by atoms with Gasteiger partial charge in [-0.25, -0.2) is 26.3 Å². The van der Waals surface area contributed by atoms with Crippen molar-refractivity contribution < 1.29 is 75.4 Å². The summed E-state index contributed by atoms with van der Waals surface area (Å²) in [5.41, 5.74) is 5.10. The van der Waals surface area contributed by atoms with Gasteiger partial charge in [-0.05, 0) is 222 Å². The van der Waals surface area contributed by atoms with Crippen molar-refractivity contribution >= 4 is 78.4 Å². The van der Waals surface area contributed by atoms with Gasteiger partial charge in [0.15, 0.2) is 0 Å². The largest absolute Gasteiger partial charge is 0.490 e. The van der Waals surface area contributed by atoms with E-state index in [4.69, 9.17) is 42.1 Å². The molecule has 14 atom stereocenters. The van der Waals surface area contributed by atoms with E-state index in [-0.39, 0.29) is 95.6 Å². The number of carbonyl (C=O) groups is 4. The number of halogens is 2. The fourth-order valence-electron chi connectivity index (χ4n) is 20.4. The van der Waals surface area contributed by atoms with Gasteiger partial charge in [-0.2, -0.15) is 0 Å². The Labute approximate surface area is 683 Å². The van der Waals surface area contributed by atoms with E-state index in [1.807, 2.05) is 38.1 Å². The first-order chi connectivity index (χ1) is 54.5. The van der Waals surface area contributed by atoms with E-state index >= 15 is 0 Å². The highest BCUT2D eigenvalue weighted by molar-refractivity contribution is 7.91. The highest BCUT2D eigenvalue weighted by Crippen LogP contribution is 2.53. The molecule has 2 saturated heterocycles. The number of rotatable bonds is 16. The van der Waals surface area contributed by atoms with Crippen LogP contribution < -0.4 is 28.7 Å². The van der Waals surface area contributed by atoms with Gasteiger partial charge in [0.25, 0.3) is 11.8 Å². The summed E-state index contributed by atoms with van der Waals surface area (Å²) in [6.07, 6.45) is 20.0. The first-order valence-corrected chi connectivity index (χ1v) is 45.1. The van der Waals surface area contributed by atoms with Crippen molar-refractivity contribution in [2.45, 2.75) is 175 Å². The van der Waals surface area contributed by atoms with Crippen molar-refractivity contribution in [1.29, 1.82) is 0 Å².